The molecule has 0 saturated carbocycles. The van der Waals surface area contributed by atoms with Crippen molar-refractivity contribution in [2.24, 2.45) is 0 Å². The zero-order valence-electron chi connectivity index (χ0n) is 14.2. The maximum Gasteiger partial charge on any atom is 0.354 e. The molecule has 2 rings (SSSR count). The van der Waals surface area contributed by atoms with E-state index in [0.717, 1.165) is 20.8 Å². The highest BCUT2D eigenvalue weighted by Gasteiger charge is 2.80. The van der Waals surface area contributed by atoms with E-state index in [9.17, 15) is 34.5 Å². The maximum atomic E-state index is 12.5. The van der Waals surface area contributed by atoms with Crippen molar-refractivity contribution in [3.05, 3.63) is 16.8 Å². The van der Waals surface area contributed by atoms with E-state index in [4.69, 9.17) is 10.5 Å². The van der Waals surface area contributed by atoms with Crippen LogP contribution in [0.15, 0.2) is 11.1 Å². The number of anilines is 1. The number of ketones is 3. The number of aliphatic hydroxyl groups is 3. The molecule has 1 aromatic rings. The van der Waals surface area contributed by atoms with E-state index in [1.165, 1.54) is 0 Å². The van der Waals surface area contributed by atoms with E-state index in [1.807, 2.05) is 0 Å². The summed E-state index contributed by atoms with van der Waals surface area (Å²) in [6.45, 7) is 1.43. The Morgan fingerprint density at radius 2 is 1.81 bits per heavy atom. The number of Topliss-reactive ketones (excluding diaryl/α,β-unsaturated/α-hetero) is 3. The first kappa shape index (κ1) is 19.8. The summed E-state index contributed by atoms with van der Waals surface area (Å²) in [6, 6.07) is 0. The Morgan fingerprint density at radius 3 is 2.19 bits per heavy atom. The average Bonchev–Trinajstić information content (AvgIpc) is 2.76. The summed E-state index contributed by atoms with van der Waals surface area (Å²) in [7, 11) is 0. The molecule has 2 heterocycles. The molecule has 0 aliphatic carbocycles. The number of nitrogens with two attached hydrogens (primary N) is 1. The van der Waals surface area contributed by atoms with Crippen LogP contribution in [0.4, 0.5) is 5.95 Å². The zero-order chi connectivity index (χ0) is 20.1. The second-order valence-electron chi connectivity index (χ2n) is 5.95. The molecule has 0 aromatic carbocycles. The van der Waals surface area contributed by atoms with Crippen molar-refractivity contribution >= 4 is 23.3 Å². The van der Waals surface area contributed by atoms with Gasteiger partial charge in [0, 0.05) is 0 Å². The molecule has 1 aromatic heterocycles. The highest BCUT2D eigenvalue weighted by atomic mass is 16.6. The van der Waals surface area contributed by atoms with Gasteiger partial charge in [-0.3, -0.25) is 14.4 Å². The first-order valence-electron chi connectivity index (χ1n) is 7.39. The SMILES string of the molecule is CC(=O)[C@@]1(O)[C@@](O)(C(C)=O)[C@@H](CO)O[C@@]1(C(C)=O)n1cnc(N)nc1=O. The lowest BCUT2D eigenvalue weighted by atomic mass is 9.69. The summed E-state index contributed by atoms with van der Waals surface area (Å²) in [5, 5.41) is 31.6. The molecule has 0 unspecified atom stereocenters. The minimum Gasteiger partial charge on any atom is -0.394 e. The molecule has 0 amide bonds. The van der Waals surface area contributed by atoms with Crippen LogP contribution in [0.25, 0.3) is 0 Å². The van der Waals surface area contributed by atoms with E-state index in [0.29, 0.717) is 10.9 Å². The number of rotatable bonds is 5. The van der Waals surface area contributed by atoms with Crippen LogP contribution in [0, 0.1) is 0 Å². The molecular formula is C14H18N4O8. The summed E-state index contributed by atoms with van der Waals surface area (Å²) in [6.07, 6.45) is -1.22. The number of hydrogen-bond acceptors (Lipinski definition) is 11. The van der Waals surface area contributed by atoms with Crippen molar-refractivity contribution in [3.63, 3.8) is 0 Å². The lowest BCUT2D eigenvalue weighted by Crippen LogP contribution is -2.73. The van der Waals surface area contributed by atoms with Gasteiger partial charge in [-0.25, -0.2) is 14.3 Å². The summed E-state index contributed by atoms with van der Waals surface area (Å²) >= 11 is 0. The van der Waals surface area contributed by atoms with E-state index in [1.54, 1.807) is 0 Å². The third-order valence-corrected chi connectivity index (χ3v) is 4.57. The lowest BCUT2D eigenvalue weighted by molar-refractivity contribution is -0.208. The molecule has 5 N–H and O–H groups in total. The van der Waals surface area contributed by atoms with Gasteiger partial charge in [-0.2, -0.15) is 4.98 Å². The van der Waals surface area contributed by atoms with Crippen LogP contribution >= 0.6 is 0 Å². The van der Waals surface area contributed by atoms with Crippen LogP contribution in [0.3, 0.4) is 0 Å². The zero-order valence-corrected chi connectivity index (χ0v) is 14.2. The molecule has 1 fully saturated rings. The Labute approximate surface area is 146 Å². The number of aliphatic hydroxyl groups excluding tert-OH is 1. The third-order valence-electron chi connectivity index (χ3n) is 4.57. The fourth-order valence-electron chi connectivity index (χ4n) is 3.33. The largest absolute Gasteiger partial charge is 0.394 e. The Balaban J connectivity index is 3.01. The van der Waals surface area contributed by atoms with Gasteiger partial charge in [0.15, 0.2) is 23.0 Å². The van der Waals surface area contributed by atoms with Gasteiger partial charge in [-0.15, -0.1) is 0 Å². The quantitative estimate of drug-likeness (QED) is 0.401. The van der Waals surface area contributed by atoms with Crippen LogP contribution in [0.5, 0.6) is 0 Å². The molecule has 1 aliphatic rings. The second-order valence-corrected chi connectivity index (χ2v) is 5.95. The van der Waals surface area contributed by atoms with Crippen molar-refractivity contribution in [3.8, 4) is 0 Å². The van der Waals surface area contributed by atoms with Crippen molar-refractivity contribution in [2.45, 2.75) is 43.8 Å². The van der Waals surface area contributed by atoms with Gasteiger partial charge in [0.25, 0.3) is 0 Å². The summed E-state index contributed by atoms with van der Waals surface area (Å²) in [4.78, 5) is 56.1. The molecule has 4 atom stereocenters. The molecule has 12 nitrogen and oxygen atoms in total. The van der Waals surface area contributed by atoms with Gasteiger partial charge in [-0.1, -0.05) is 0 Å². The topological polar surface area (TPSA) is 195 Å². The minimum absolute atomic E-state index is 0.358. The number of hydrogen-bond donors (Lipinski definition) is 4. The van der Waals surface area contributed by atoms with Gasteiger partial charge in [0.2, 0.25) is 17.3 Å². The predicted octanol–water partition coefficient (Wildman–Crippen LogP) is -3.51. The molecule has 0 radical (unpaired) electrons. The Hall–Kier alpha value is -2.54. The number of carbonyl (C=O) groups is 3. The number of carbonyl (C=O) groups excluding carboxylic acids is 3. The minimum atomic E-state index is -3.26. The number of nitrogens with zero attached hydrogens (tertiary/aromatic N) is 3. The van der Waals surface area contributed by atoms with Gasteiger partial charge >= 0.3 is 5.69 Å². The van der Waals surface area contributed by atoms with Crippen molar-refractivity contribution < 1.29 is 34.4 Å². The standard InChI is InChI=1S/C14H18N4O8/c1-6(20)12(24)9(4-19)26-14(8(3)22,13(12,25)7(2)21)18-5-16-10(15)17-11(18)23/h5,9,19,24-25H,4H2,1-3H3,(H2,15,17,23)/t9-,12-,13-,14-/m1/s1. The van der Waals surface area contributed by atoms with E-state index in [-0.39, 0.29) is 0 Å². The molecule has 12 heteroatoms. The third kappa shape index (κ3) is 2.10. The molecular weight excluding hydrogens is 352 g/mol. The van der Waals surface area contributed by atoms with Gasteiger partial charge in [0.1, 0.15) is 12.4 Å². The first-order valence-corrected chi connectivity index (χ1v) is 7.39. The fraction of sp³-hybridized carbons (Fsp3) is 0.571. The van der Waals surface area contributed by atoms with E-state index in [2.05, 4.69) is 9.97 Å². The van der Waals surface area contributed by atoms with Gasteiger partial charge in [0.05, 0.1) is 6.61 Å². The van der Waals surface area contributed by atoms with Crippen molar-refractivity contribution in [1.29, 1.82) is 0 Å². The normalized spacial score (nSPS) is 33.8. The fourth-order valence-corrected chi connectivity index (χ4v) is 3.33. The molecule has 142 valence electrons. The van der Waals surface area contributed by atoms with Gasteiger partial charge in [-0.05, 0) is 20.8 Å². The Kier molecular flexibility index (Phi) is 4.58. The van der Waals surface area contributed by atoms with Gasteiger partial charge < -0.3 is 25.8 Å². The summed E-state index contributed by atoms with van der Waals surface area (Å²) in [5.41, 5.74) is -5.13. The molecule has 0 bridgehead atoms. The number of ether oxygens (including phenoxy) is 1. The van der Waals surface area contributed by atoms with Crippen molar-refractivity contribution in [2.75, 3.05) is 12.3 Å². The molecule has 1 aliphatic heterocycles. The summed E-state index contributed by atoms with van der Waals surface area (Å²) in [5.74, 6) is -4.01. The Bertz CT molecular complexity index is 854. The average molecular weight is 370 g/mol. The molecule has 1 saturated heterocycles. The second kappa shape index (κ2) is 6.02. The first-order chi connectivity index (χ1) is 11.9. The van der Waals surface area contributed by atoms with Crippen LogP contribution < -0.4 is 11.4 Å². The molecule has 26 heavy (non-hydrogen) atoms. The van der Waals surface area contributed by atoms with Crippen molar-refractivity contribution in [1.82, 2.24) is 14.5 Å². The number of nitrogen functional groups attached to an aromatic ring is 1. The van der Waals surface area contributed by atoms with Crippen LogP contribution in [0.1, 0.15) is 20.8 Å². The van der Waals surface area contributed by atoms with E-state index < -0.39 is 58.6 Å². The highest BCUT2D eigenvalue weighted by Crippen LogP contribution is 2.50. The Morgan fingerprint density at radius 1 is 1.23 bits per heavy atom. The van der Waals surface area contributed by atoms with Crippen LogP contribution in [-0.2, 0) is 24.8 Å². The lowest BCUT2D eigenvalue weighted by Gasteiger charge is -2.42. The smallest absolute Gasteiger partial charge is 0.354 e. The predicted molar refractivity (Wildman–Crippen MR) is 82.6 cm³/mol. The van der Waals surface area contributed by atoms with E-state index >= 15 is 0 Å². The van der Waals surface area contributed by atoms with Crippen LogP contribution in [-0.4, -0.2) is 71.1 Å². The highest BCUT2D eigenvalue weighted by molar-refractivity contribution is 6.04. The molecule has 0 spiro atoms. The maximum absolute atomic E-state index is 12.5. The summed E-state index contributed by atoms with van der Waals surface area (Å²) < 4.78 is 5.68. The van der Waals surface area contributed by atoms with Crippen LogP contribution in [0.2, 0.25) is 0 Å². The number of aromatic nitrogens is 3. The monoisotopic (exact) mass is 370 g/mol.